The molecule has 2 aromatic rings. The first-order valence-electron chi connectivity index (χ1n) is 9.34. The minimum atomic E-state index is -1.38. The summed E-state index contributed by atoms with van der Waals surface area (Å²) in [4.78, 5) is 25.5. The van der Waals surface area contributed by atoms with Gasteiger partial charge in [0.1, 0.15) is 17.4 Å². The number of urea groups is 1. The molecule has 0 atom stereocenters. The van der Waals surface area contributed by atoms with E-state index in [-0.39, 0.29) is 12.2 Å². The lowest BCUT2D eigenvalue weighted by Gasteiger charge is -2.36. The van der Waals surface area contributed by atoms with Gasteiger partial charge in [0, 0.05) is 18.2 Å². The fourth-order valence-corrected chi connectivity index (χ4v) is 2.57. The minimum absolute atomic E-state index is 0.115. The number of carboxylic acids is 1. The number of carbonyl (C=O) groups is 2. The monoisotopic (exact) mass is 420 g/mol. The van der Waals surface area contributed by atoms with Crippen LogP contribution >= 0.6 is 0 Å². The van der Waals surface area contributed by atoms with Crippen molar-refractivity contribution in [1.29, 1.82) is 0 Å². The first-order chi connectivity index (χ1) is 13.8. The first kappa shape index (κ1) is 23.1. The number of carbonyl (C=O) groups excluding carboxylic acids is 1. The van der Waals surface area contributed by atoms with Crippen LogP contribution < -0.4 is 10.1 Å². The number of amides is 2. The number of anilines is 1. The fraction of sp³-hybridized carbons (Fsp3) is 0.364. The zero-order valence-corrected chi connectivity index (χ0v) is 17.6. The van der Waals surface area contributed by atoms with Crippen LogP contribution in [0.4, 0.5) is 19.3 Å². The highest BCUT2D eigenvalue weighted by molar-refractivity contribution is 5.90. The van der Waals surface area contributed by atoms with Gasteiger partial charge in [-0.3, -0.25) is 0 Å². The Morgan fingerprint density at radius 2 is 1.63 bits per heavy atom. The molecule has 0 fully saturated rings. The van der Waals surface area contributed by atoms with Gasteiger partial charge in [0.15, 0.2) is 5.60 Å². The van der Waals surface area contributed by atoms with Crippen molar-refractivity contribution < 1.29 is 28.2 Å². The van der Waals surface area contributed by atoms with Gasteiger partial charge in [-0.1, -0.05) is 12.1 Å². The SMILES string of the molecule is CC(C)(Oc1ccc(CN(C(=O)Nc2ccc(F)cc2F)C(C)(C)C)cc1)C(=O)O. The van der Waals surface area contributed by atoms with Gasteiger partial charge in [0.05, 0.1) is 5.69 Å². The molecule has 0 unspecified atom stereocenters. The van der Waals surface area contributed by atoms with Crippen LogP contribution in [-0.2, 0) is 11.3 Å². The maximum atomic E-state index is 13.9. The van der Waals surface area contributed by atoms with Gasteiger partial charge in [-0.05, 0) is 64.4 Å². The molecule has 2 aromatic carbocycles. The molecule has 0 radical (unpaired) electrons. The highest BCUT2D eigenvalue weighted by Crippen LogP contribution is 2.24. The third kappa shape index (κ3) is 5.92. The van der Waals surface area contributed by atoms with Gasteiger partial charge < -0.3 is 20.1 Å². The van der Waals surface area contributed by atoms with E-state index in [1.54, 1.807) is 24.3 Å². The number of hydrogen-bond acceptors (Lipinski definition) is 3. The molecule has 0 aliphatic rings. The van der Waals surface area contributed by atoms with E-state index >= 15 is 0 Å². The van der Waals surface area contributed by atoms with Crippen LogP contribution in [0.5, 0.6) is 5.75 Å². The summed E-state index contributed by atoms with van der Waals surface area (Å²) in [6.07, 6.45) is 0. The lowest BCUT2D eigenvalue weighted by Crippen LogP contribution is -2.47. The van der Waals surface area contributed by atoms with E-state index in [0.717, 1.165) is 11.6 Å². The van der Waals surface area contributed by atoms with E-state index in [1.807, 2.05) is 20.8 Å². The van der Waals surface area contributed by atoms with Gasteiger partial charge in [-0.25, -0.2) is 18.4 Å². The predicted molar refractivity (Wildman–Crippen MR) is 109 cm³/mol. The topological polar surface area (TPSA) is 78.9 Å². The summed E-state index contributed by atoms with van der Waals surface area (Å²) in [6, 6.07) is 9.08. The number of nitrogens with one attached hydrogen (secondary N) is 1. The first-order valence-corrected chi connectivity index (χ1v) is 9.34. The maximum Gasteiger partial charge on any atom is 0.347 e. The number of rotatable bonds is 6. The molecule has 0 aromatic heterocycles. The Kier molecular flexibility index (Phi) is 6.70. The Labute approximate surface area is 174 Å². The predicted octanol–water partition coefficient (Wildman–Crippen LogP) is 5.04. The van der Waals surface area contributed by atoms with E-state index in [0.29, 0.717) is 11.8 Å². The van der Waals surface area contributed by atoms with Gasteiger partial charge in [-0.2, -0.15) is 0 Å². The molecular formula is C22H26F2N2O4. The zero-order chi connectivity index (χ0) is 22.7. The molecule has 0 aliphatic heterocycles. The molecule has 162 valence electrons. The summed E-state index contributed by atoms with van der Waals surface area (Å²) >= 11 is 0. The molecule has 2 amide bonds. The Morgan fingerprint density at radius 1 is 1.03 bits per heavy atom. The zero-order valence-electron chi connectivity index (χ0n) is 17.6. The van der Waals surface area contributed by atoms with E-state index < -0.39 is 34.8 Å². The number of carboxylic acid groups (broad SMARTS) is 1. The average molecular weight is 420 g/mol. The van der Waals surface area contributed by atoms with Crippen LogP contribution in [0.15, 0.2) is 42.5 Å². The van der Waals surface area contributed by atoms with Crippen LogP contribution in [0.2, 0.25) is 0 Å². The summed E-state index contributed by atoms with van der Waals surface area (Å²) < 4.78 is 32.5. The van der Waals surface area contributed by atoms with Crippen molar-refractivity contribution in [3.63, 3.8) is 0 Å². The van der Waals surface area contributed by atoms with Gasteiger partial charge in [-0.15, -0.1) is 0 Å². The second-order valence-corrected chi connectivity index (χ2v) is 8.37. The molecule has 0 spiro atoms. The number of halogens is 2. The highest BCUT2D eigenvalue weighted by Gasteiger charge is 2.30. The molecule has 0 bridgehead atoms. The quantitative estimate of drug-likeness (QED) is 0.686. The van der Waals surface area contributed by atoms with E-state index in [9.17, 15) is 18.4 Å². The lowest BCUT2D eigenvalue weighted by molar-refractivity contribution is -0.152. The standard InChI is InChI=1S/C22H26F2N2O4/c1-21(2,3)26(20(29)25-18-11-8-15(23)12-17(18)24)13-14-6-9-16(10-7-14)30-22(4,5)19(27)28/h6-12H,13H2,1-5H3,(H,25,29)(H,27,28). The number of ether oxygens (including phenoxy) is 1. The van der Waals surface area contributed by atoms with Crippen LogP contribution in [0, 0.1) is 11.6 Å². The summed E-state index contributed by atoms with van der Waals surface area (Å²) in [5, 5.41) is 11.6. The molecule has 0 saturated carbocycles. The average Bonchev–Trinajstić information content (AvgIpc) is 2.62. The number of benzene rings is 2. The summed E-state index contributed by atoms with van der Waals surface area (Å²) in [7, 11) is 0. The molecular weight excluding hydrogens is 394 g/mol. The number of hydrogen-bond donors (Lipinski definition) is 2. The third-order valence-electron chi connectivity index (χ3n) is 4.38. The fourth-order valence-electron chi connectivity index (χ4n) is 2.57. The molecule has 0 heterocycles. The number of aliphatic carboxylic acids is 1. The molecule has 2 N–H and O–H groups in total. The van der Waals surface area contributed by atoms with Crippen LogP contribution in [-0.4, -0.2) is 33.1 Å². The van der Waals surface area contributed by atoms with Crippen molar-refractivity contribution >= 4 is 17.7 Å². The lowest BCUT2D eigenvalue weighted by atomic mass is 10.0. The second-order valence-electron chi connectivity index (χ2n) is 8.37. The summed E-state index contributed by atoms with van der Waals surface area (Å²) in [5.74, 6) is -2.30. The third-order valence-corrected chi connectivity index (χ3v) is 4.38. The van der Waals surface area contributed by atoms with Gasteiger partial charge in [0.2, 0.25) is 0 Å². The van der Waals surface area contributed by atoms with Crippen molar-refractivity contribution in [3.05, 3.63) is 59.7 Å². The molecule has 8 heteroatoms. The van der Waals surface area contributed by atoms with Crippen LogP contribution in [0.1, 0.15) is 40.2 Å². The van der Waals surface area contributed by atoms with Crippen molar-refractivity contribution in [2.75, 3.05) is 5.32 Å². The Hall–Kier alpha value is -3.16. The van der Waals surface area contributed by atoms with Gasteiger partial charge in [0.25, 0.3) is 0 Å². The summed E-state index contributed by atoms with van der Waals surface area (Å²) in [6.45, 7) is 8.61. The van der Waals surface area contributed by atoms with Crippen molar-refractivity contribution in [3.8, 4) is 5.75 Å². The largest absolute Gasteiger partial charge is 0.478 e. The normalized spacial score (nSPS) is 11.7. The van der Waals surface area contributed by atoms with Crippen molar-refractivity contribution in [2.24, 2.45) is 0 Å². The number of nitrogens with zero attached hydrogens (tertiary/aromatic N) is 1. The molecule has 30 heavy (non-hydrogen) atoms. The molecule has 0 saturated heterocycles. The Bertz CT molecular complexity index is 922. The molecule has 6 nitrogen and oxygen atoms in total. The van der Waals surface area contributed by atoms with Gasteiger partial charge >= 0.3 is 12.0 Å². The Morgan fingerprint density at radius 3 is 2.13 bits per heavy atom. The maximum absolute atomic E-state index is 13.9. The highest BCUT2D eigenvalue weighted by atomic mass is 19.1. The Balaban J connectivity index is 2.16. The molecule has 0 aliphatic carbocycles. The minimum Gasteiger partial charge on any atom is -0.478 e. The molecule has 2 rings (SSSR count). The van der Waals surface area contributed by atoms with Crippen molar-refractivity contribution in [2.45, 2.75) is 52.3 Å². The van der Waals surface area contributed by atoms with E-state index in [4.69, 9.17) is 9.84 Å². The van der Waals surface area contributed by atoms with Crippen molar-refractivity contribution in [1.82, 2.24) is 4.90 Å². The smallest absolute Gasteiger partial charge is 0.347 e. The van der Waals surface area contributed by atoms with Crippen LogP contribution in [0.3, 0.4) is 0 Å². The van der Waals surface area contributed by atoms with E-state index in [1.165, 1.54) is 24.8 Å². The van der Waals surface area contributed by atoms with E-state index in [2.05, 4.69) is 5.32 Å². The second kappa shape index (κ2) is 8.69. The summed E-state index contributed by atoms with van der Waals surface area (Å²) in [5.41, 5.74) is -1.32. The van der Waals surface area contributed by atoms with Crippen LogP contribution in [0.25, 0.3) is 0 Å².